The zero-order valence-corrected chi connectivity index (χ0v) is 19.9. The van der Waals surface area contributed by atoms with E-state index in [4.69, 9.17) is 4.43 Å². The molecule has 0 amide bonds. The summed E-state index contributed by atoms with van der Waals surface area (Å²) in [7, 11) is -1.76. The molecule has 1 aromatic carbocycles. The van der Waals surface area contributed by atoms with Crippen molar-refractivity contribution in [3.63, 3.8) is 0 Å². The molecular formula is C22H39NOSSi. The zero-order chi connectivity index (χ0) is 19.8. The summed E-state index contributed by atoms with van der Waals surface area (Å²) in [6.45, 7) is 19.2. The van der Waals surface area contributed by atoms with Crippen LogP contribution >= 0.6 is 11.8 Å². The molecule has 0 aliphatic heterocycles. The molecule has 0 spiro atoms. The maximum absolute atomic E-state index is 6.38. The number of nitrogens with one attached hydrogen (secondary N) is 1. The Labute approximate surface area is 167 Å². The smallest absolute Gasteiger partial charge is 0.249 e. The molecule has 0 radical (unpaired) electrons. The summed E-state index contributed by atoms with van der Waals surface area (Å²) in [5, 5.41) is 3.98. The normalized spacial score (nSPS) is 14.6. The Morgan fingerprint density at radius 2 is 1.81 bits per heavy atom. The molecule has 0 bridgehead atoms. The van der Waals surface area contributed by atoms with Gasteiger partial charge in [-0.25, -0.2) is 0 Å². The molecule has 0 heterocycles. The Morgan fingerprint density at radius 3 is 2.31 bits per heavy atom. The number of rotatable bonds is 10. The fourth-order valence-electron chi connectivity index (χ4n) is 2.32. The van der Waals surface area contributed by atoms with Gasteiger partial charge in [-0.15, -0.1) is 11.8 Å². The molecular weight excluding hydrogens is 354 g/mol. The van der Waals surface area contributed by atoms with Gasteiger partial charge in [0.25, 0.3) is 0 Å². The van der Waals surface area contributed by atoms with Crippen molar-refractivity contribution in [2.45, 2.75) is 78.7 Å². The van der Waals surface area contributed by atoms with Crippen molar-refractivity contribution in [1.29, 1.82) is 0 Å². The molecule has 1 atom stereocenters. The fraction of sp³-hybridized carbons (Fsp3) is 0.636. The van der Waals surface area contributed by atoms with Crippen LogP contribution in [-0.4, -0.2) is 20.1 Å². The molecule has 1 aromatic rings. The Balaban J connectivity index is 2.78. The molecule has 0 fully saturated rings. The van der Waals surface area contributed by atoms with E-state index < -0.39 is 8.32 Å². The third kappa shape index (κ3) is 7.89. The van der Waals surface area contributed by atoms with Crippen molar-refractivity contribution in [1.82, 2.24) is 5.32 Å². The lowest BCUT2D eigenvalue weighted by molar-refractivity contribution is 0.389. The van der Waals surface area contributed by atoms with Gasteiger partial charge in [0.05, 0.1) is 6.26 Å². The average molecular weight is 394 g/mol. The summed E-state index contributed by atoms with van der Waals surface area (Å²) in [6.07, 6.45) is 3.10. The maximum atomic E-state index is 6.38. The molecule has 2 nitrogen and oxygen atoms in total. The van der Waals surface area contributed by atoms with E-state index >= 15 is 0 Å². The van der Waals surface area contributed by atoms with Crippen LogP contribution in [0.1, 0.15) is 53.5 Å². The first kappa shape index (κ1) is 23.3. The molecule has 1 unspecified atom stereocenters. The van der Waals surface area contributed by atoms with Crippen LogP contribution in [0.4, 0.5) is 0 Å². The highest BCUT2D eigenvalue weighted by Crippen LogP contribution is 2.37. The average Bonchev–Trinajstić information content (AvgIpc) is 2.56. The van der Waals surface area contributed by atoms with Crippen LogP contribution in [0.25, 0.3) is 0 Å². The van der Waals surface area contributed by atoms with Gasteiger partial charge in [-0.2, -0.15) is 0 Å². The van der Waals surface area contributed by atoms with E-state index in [9.17, 15) is 0 Å². The number of thioether (sulfide) groups is 1. The molecule has 0 saturated carbocycles. The van der Waals surface area contributed by atoms with Gasteiger partial charge in [0.15, 0.2) is 0 Å². The topological polar surface area (TPSA) is 21.3 Å². The van der Waals surface area contributed by atoms with E-state index in [1.54, 1.807) is 0 Å². The van der Waals surface area contributed by atoms with E-state index in [-0.39, 0.29) is 5.04 Å². The lowest BCUT2D eigenvalue weighted by Gasteiger charge is -2.35. The summed E-state index contributed by atoms with van der Waals surface area (Å²) in [5.74, 6) is 1.66. The molecule has 148 valence electrons. The predicted octanol–water partition coefficient (Wildman–Crippen LogP) is 6.81. The second kappa shape index (κ2) is 10.6. The second-order valence-electron chi connectivity index (χ2n) is 8.82. The lowest BCUT2D eigenvalue weighted by atomic mass is 10.0. The van der Waals surface area contributed by atoms with Crippen LogP contribution in [0, 0.1) is 5.92 Å². The van der Waals surface area contributed by atoms with Crippen molar-refractivity contribution in [2.24, 2.45) is 5.92 Å². The highest BCUT2D eigenvalue weighted by molar-refractivity contribution is 8.03. The van der Waals surface area contributed by atoms with Crippen molar-refractivity contribution in [3.05, 3.63) is 47.1 Å². The minimum absolute atomic E-state index is 0.231. The van der Waals surface area contributed by atoms with Gasteiger partial charge in [-0.05, 0) is 41.8 Å². The largest absolute Gasteiger partial charge is 0.548 e. The molecule has 0 aliphatic rings. The third-order valence-electron chi connectivity index (χ3n) is 5.26. The molecule has 1 N–H and O–H groups in total. The summed E-state index contributed by atoms with van der Waals surface area (Å²) in [5.41, 5.74) is 1.34. The molecule has 0 aliphatic carbocycles. The first-order valence-electron chi connectivity index (χ1n) is 9.83. The van der Waals surface area contributed by atoms with Gasteiger partial charge >= 0.3 is 0 Å². The van der Waals surface area contributed by atoms with Gasteiger partial charge in [-0.1, -0.05) is 71.9 Å². The van der Waals surface area contributed by atoms with Crippen LogP contribution in [0.2, 0.25) is 18.1 Å². The Morgan fingerprint density at radius 1 is 1.19 bits per heavy atom. The van der Waals surface area contributed by atoms with Gasteiger partial charge < -0.3 is 9.74 Å². The highest BCUT2D eigenvalue weighted by Gasteiger charge is 2.38. The number of benzene rings is 1. The standard InChI is InChI=1S/C22H39NOSSi/c1-9-25-20(17-24-26(7,8)22(4,5)6)15-21(18(2)3)23-16-19-13-11-10-12-14-19/h10-14,17-18,21,23H,9,15-16H2,1-8H3/b20-17-. The van der Waals surface area contributed by atoms with Crippen LogP contribution < -0.4 is 5.32 Å². The van der Waals surface area contributed by atoms with E-state index in [2.05, 4.69) is 96.5 Å². The lowest BCUT2D eigenvalue weighted by Crippen LogP contribution is -2.39. The fourth-order valence-corrected chi connectivity index (χ4v) is 3.98. The number of hydrogen-bond acceptors (Lipinski definition) is 3. The predicted molar refractivity (Wildman–Crippen MR) is 121 cm³/mol. The van der Waals surface area contributed by atoms with Crippen LogP contribution in [-0.2, 0) is 11.0 Å². The van der Waals surface area contributed by atoms with E-state index in [0.717, 1.165) is 18.7 Å². The summed E-state index contributed by atoms with van der Waals surface area (Å²) in [6, 6.07) is 11.1. The summed E-state index contributed by atoms with van der Waals surface area (Å²) in [4.78, 5) is 1.36. The summed E-state index contributed by atoms with van der Waals surface area (Å²) >= 11 is 1.91. The van der Waals surface area contributed by atoms with Crippen LogP contribution in [0.3, 0.4) is 0 Å². The Bertz CT molecular complexity index is 549. The molecule has 4 heteroatoms. The van der Waals surface area contributed by atoms with E-state index in [0.29, 0.717) is 12.0 Å². The monoisotopic (exact) mass is 393 g/mol. The Kier molecular flexibility index (Phi) is 9.49. The Hall–Kier alpha value is -0.713. The third-order valence-corrected chi connectivity index (χ3v) is 10.5. The maximum Gasteiger partial charge on any atom is 0.249 e. The highest BCUT2D eigenvalue weighted by atomic mass is 32.2. The van der Waals surface area contributed by atoms with Crippen molar-refractivity contribution in [2.75, 3.05) is 5.75 Å². The summed E-state index contributed by atoms with van der Waals surface area (Å²) < 4.78 is 6.38. The molecule has 26 heavy (non-hydrogen) atoms. The minimum Gasteiger partial charge on any atom is -0.548 e. The van der Waals surface area contributed by atoms with Gasteiger partial charge in [-0.3, -0.25) is 0 Å². The molecule has 1 rings (SSSR count). The van der Waals surface area contributed by atoms with Crippen molar-refractivity contribution in [3.8, 4) is 0 Å². The van der Waals surface area contributed by atoms with Gasteiger partial charge in [0, 0.05) is 17.5 Å². The molecule has 0 aromatic heterocycles. The van der Waals surface area contributed by atoms with Crippen molar-refractivity contribution < 1.29 is 4.43 Å². The van der Waals surface area contributed by atoms with E-state index in [1.165, 1.54) is 10.5 Å². The van der Waals surface area contributed by atoms with Crippen molar-refractivity contribution >= 4 is 20.1 Å². The molecule has 0 saturated heterocycles. The first-order chi connectivity index (χ1) is 12.1. The van der Waals surface area contributed by atoms with Crippen LogP contribution in [0.5, 0.6) is 0 Å². The van der Waals surface area contributed by atoms with E-state index in [1.807, 2.05) is 11.8 Å². The van der Waals surface area contributed by atoms with Gasteiger partial charge in [0.2, 0.25) is 8.32 Å². The van der Waals surface area contributed by atoms with Gasteiger partial charge in [0.1, 0.15) is 0 Å². The zero-order valence-electron chi connectivity index (χ0n) is 18.1. The number of hydrogen-bond donors (Lipinski definition) is 1. The minimum atomic E-state index is -1.76. The SMILES string of the molecule is CCS/C(=C\O[Si](C)(C)C(C)(C)C)CC(NCc1ccccc1)C(C)C. The second-order valence-corrected chi connectivity index (χ2v) is 15.0. The quantitative estimate of drug-likeness (QED) is 0.348. The van der Waals surface area contributed by atoms with Crippen LogP contribution in [0.15, 0.2) is 41.5 Å². The first-order valence-corrected chi connectivity index (χ1v) is 13.7.